The highest BCUT2D eigenvalue weighted by Gasteiger charge is 2.17. The van der Waals surface area contributed by atoms with Crippen molar-refractivity contribution in [1.29, 1.82) is 0 Å². The predicted molar refractivity (Wildman–Crippen MR) is 87.1 cm³/mol. The first kappa shape index (κ1) is 14.1. The van der Waals surface area contributed by atoms with E-state index in [9.17, 15) is 0 Å². The molecule has 0 N–H and O–H groups in total. The summed E-state index contributed by atoms with van der Waals surface area (Å²) in [5.41, 5.74) is 4.41. The molecule has 3 aromatic rings. The van der Waals surface area contributed by atoms with Crippen LogP contribution in [0.1, 0.15) is 37.0 Å². The van der Waals surface area contributed by atoms with Gasteiger partial charge in [-0.15, -0.1) is 11.6 Å². The normalized spacial score (nSPS) is 12.7. The Morgan fingerprint density at radius 3 is 2.81 bits per heavy atom. The second-order valence-corrected chi connectivity index (χ2v) is 5.82. The summed E-state index contributed by atoms with van der Waals surface area (Å²) in [6.07, 6.45) is 5.73. The van der Waals surface area contributed by atoms with Gasteiger partial charge in [-0.1, -0.05) is 31.5 Å². The van der Waals surface area contributed by atoms with Crippen LogP contribution in [0.25, 0.3) is 16.7 Å². The molecule has 1 atom stereocenters. The maximum Gasteiger partial charge on any atom is 0.132 e. The number of rotatable bonds is 4. The van der Waals surface area contributed by atoms with Crippen molar-refractivity contribution in [2.45, 2.75) is 32.1 Å². The Balaban J connectivity index is 2.31. The third-order valence-electron chi connectivity index (χ3n) is 3.59. The molecule has 108 valence electrons. The van der Waals surface area contributed by atoms with Gasteiger partial charge in [0.1, 0.15) is 11.3 Å². The van der Waals surface area contributed by atoms with Gasteiger partial charge in [0.2, 0.25) is 0 Å². The Labute approximate surface area is 129 Å². The van der Waals surface area contributed by atoms with Crippen LogP contribution in [0.15, 0.2) is 42.7 Å². The zero-order valence-corrected chi connectivity index (χ0v) is 13.0. The fourth-order valence-corrected chi connectivity index (χ4v) is 2.83. The lowest BCUT2D eigenvalue weighted by atomic mass is 10.1. The quantitative estimate of drug-likeness (QED) is 0.655. The summed E-state index contributed by atoms with van der Waals surface area (Å²) in [6.45, 7) is 4.15. The van der Waals surface area contributed by atoms with Gasteiger partial charge in [-0.05, 0) is 31.0 Å². The van der Waals surface area contributed by atoms with Crippen LogP contribution in [-0.2, 0) is 6.42 Å². The summed E-state index contributed by atoms with van der Waals surface area (Å²) >= 11 is 6.36. The Bertz CT molecular complexity index is 762. The molecule has 21 heavy (non-hydrogen) atoms. The fourth-order valence-electron chi connectivity index (χ4n) is 2.68. The Morgan fingerprint density at radius 1 is 1.24 bits per heavy atom. The summed E-state index contributed by atoms with van der Waals surface area (Å²) in [7, 11) is 0. The van der Waals surface area contributed by atoms with Gasteiger partial charge >= 0.3 is 0 Å². The number of para-hydroxylation sites is 1. The third kappa shape index (κ3) is 2.54. The van der Waals surface area contributed by atoms with Crippen molar-refractivity contribution in [2.24, 2.45) is 0 Å². The highest BCUT2D eigenvalue weighted by atomic mass is 35.5. The molecular weight excluding hydrogens is 282 g/mol. The van der Waals surface area contributed by atoms with E-state index in [0.29, 0.717) is 0 Å². The van der Waals surface area contributed by atoms with Gasteiger partial charge < -0.3 is 0 Å². The second kappa shape index (κ2) is 5.86. The van der Waals surface area contributed by atoms with Gasteiger partial charge in [0.05, 0.1) is 22.8 Å². The minimum absolute atomic E-state index is 0.160. The van der Waals surface area contributed by atoms with Crippen molar-refractivity contribution in [2.75, 3.05) is 0 Å². The van der Waals surface area contributed by atoms with Crippen molar-refractivity contribution >= 4 is 22.6 Å². The molecule has 0 bridgehead atoms. The average molecular weight is 300 g/mol. The summed E-state index contributed by atoms with van der Waals surface area (Å²) in [4.78, 5) is 8.82. The number of benzene rings is 1. The molecule has 0 saturated heterocycles. The van der Waals surface area contributed by atoms with Crippen molar-refractivity contribution in [3.63, 3.8) is 0 Å². The number of aryl methyl sites for hydroxylation is 1. The fraction of sp³-hybridized carbons (Fsp3) is 0.294. The smallest absolute Gasteiger partial charge is 0.132 e. The minimum Gasteiger partial charge on any atom is -0.295 e. The third-order valence-corrected chi connectivity index (χ3v) is 3.79. The van der Waals surface area contributed by atoms with E-state index in [4.69, 9.17) is 11.6 Å². The van der Waals surface area contributed by atoms with Crippen LogP contribution in [0.3, 0.4) is 0 Å². The van der Waals surface area contributed by atoms with E-state index in [1.807, 2.05) is 13.0 Å². The number of halogens is 1. The van der Waals surface area contributed by atoms with Crippen molar-refractivity contribution in [1.82, 2.24) is 14.5 Å². The second-order valence-electron chi connectivity index (χ2n) is 5.16. The molecule has 0 radical (unpaired) electrons. The van der Waals surface area contributed by atoms with E-state index in [2.05, 4.69) is 45.7 Å². The van der Waals surface area contributed by atoms with Crippen molar-refractivity contribution in [3.8, 4) is 5.69 Å². The van der Waals surface area contributed by atoms with Crippen LogP contribution in [0, 0.1) is 0 Å². The van der Waals surface area contributed by atoms with Gasteiger partial charge in [0.15, 0.2) is 0 Å². The van der Waals surface area contributed by atoms with Crippen LogP contribution >= 0.6 is 11.6 Å². The molecule has 4 heteroatoms. The summed E-state index contributed by atoms with van der Waals surface area (Å²) in [5, 5.41) is -0.160. The van der Waals surface area contributed by atoms with Gasteiger partial charge in [-0.2, -0.15) is 0 Å². The Kier molecular flexibility index (Phi) is 3.93. The molecule has 1 aromatic carbocycles. The first-order chi connectivity index (χ1) is 10.2. The molecule has 0 saturated carbocycles. The lowest BCUT2D eigenvalue weighted by Gasteiger charge is -2.14. The zero-order chi connectivity index (χ0) is 14.8. The van der Waals surface area contributed by atoms with Gasteiger partial charge in [-0.3, -0.25) is 9.55 Å². The monoisotopic (exact) mass is 299 g/mol. The molecule has 2 heterocycles. The average Bonchev–Trinajstić information content (AvgIpc) is 2.88. The maximum absolute atomic E-state index is 6.36. The number of hydrogen-bond donors (Lipinski definition) is 0. The van der Waals surface area contributed by atoms with Crippen LogP contribution < -0.4 is 0 Å². The van der Waals surface area contributed by atoms with E-state index in [1.54, 1.807) is 12.4 Å². The van der Waals surface area contributed by atoms with Crippen LogP contribution in [-0.4, -0.2) is 14.5 Å². The van der Waals surface area contributed by atoms with E-state index in [0.717, 1.165) is 35.4 Å². The number of alkyl halides is 1. The lowest BCUT2D eigenvalue weighted by Crippen LogP contribution is -2.05. The number of pyridine rings is 1. The molecule has 0 aliphatic carbocycles. The molecular formula is C17H18ClN3. The standard InChI is InChI=1S/C17H18ClN3/c1-3-6-13-7-4-5-8-15(13)21-16-9-10-19-11-14(16)20-17(21)12(2)18/h4-5,7-12H,3,6H2,1-2H3. The van der Waals surface area contributed by atoms with E-state index in [1.165, 1.54) is 5.56 Å². The number of hydrogen-bond acceptors (Lipinski definition) is 2. The SMILES string of the molecule is CCCc1ccccc1-n1c(C(C)Cl)nc2cnccc21. The first-order valence-corrected chi connectivity index (χ1v) is 7.70. The maximum atomic E-state index is 6.36. The Morgan fingerprint density at radius 2 is 2.05 bits per heavy atom. The molecule has 2 aromatic heterocycles. The topological polar surface area (TPSA) is 30.7 Å². The molecule has 0 fully saturated rings. The van der Waals surface area contributed by atoms with Crippen molar-refractivity contribution < 1.29 is 0 Å². The van der Waals surface area contributed by atoms with E-state index in [-0.39, 0.29) is 5.38 Å². The highest BCUT2D eigenvalue weighted by Crippen LogP contribution is 2.29. The van der Waals surface area contributed by atoms with Crippen LogP contribution in [0.2, 0.25) is 0 Å². The predicted octanol–water partition coefficient (Wildman–Crippen LogP) is 4.67. The molecule has 0 aliphatic heterocycles. The van der Waals surface area contributed by atoms with Gasteiger partial charge in [0, 0.05) is 6.20 Å². The van der Waals surface area contributed by atoms with E-state index >= 15 is 0 Å². The summed E-state index contributed by atoms with van der Waals surface area (Å²) < 4.78 is 2.17. The molecule has 1 unspecified atom stereocenters. The molecule has 3 rings (SSSR count). The number of nitrogens with zero attached hydrogens (tertiary/aromatic N) is 3. The zero-order valence-electron chi connectivity index (χ0n) is 12.3. The summed E-state index contributed by atoms with van der Waals surface area (Å²) in [6, 6.07) is 10.4. The van der Waals surface area contributed by atoms with Gasteiger partial charge in [0.25, 0.3) is 0 Å². The molecule has 3 nitrogen and oxygen atoms in total. The minimum atomic E-state index is -0.160. The highest BCUT2D eigenvalue weighted by molar-refractivity contribution is 6.20. The van der Waals surface area contributed by atoms with Crippen molar-refractivity contribution in [3.05, 3.63) is 54.1 Å². The van der Waals surface area contributed by atoms with Crippen LogP contribution in [0.5, 0.6) is 0 Å². The number of imidazole rings is 1. The molecule has 0 aliphatic rings. The lowest BCUT2D eigenvalue weighted by molar-refractivity contribution is 0.854. The van der Waals surface area contributed by atoms with E-state index < -0.39 is 0 Å². The largest absolute Gasteiger partial charge is 0.295 e. The molecule has 0 spiro atoms. The Hall–Kier alpha value is -1.87. The van der Waals surface area contributed by atoms with Gasteiger partial charge in [-0.25, -0.2) is 4.98 Å². The first-order valence-electron chi connectivity index (χ1n) is 7.27. The van der Waals surface area contributed by atoms with Crippen LogP contribution in [0.4, 0.5) is 0 Å². The summed E-state index contributed by atoms with van der Waals surface area (Å²) in [5.74, 6) is 0.864. The number of aromatic nitrogens is 3. The number of fused-ring (bicyclic) bond motifs is 1. The molecule has 0 amide bonds.